The van der Waals surface area contributed by atoms with Gasteiger partial charge < -0.3 is 13.6 Å². The SMILES string of the molecule is c1ccc(-n2c3ccccc3c3ccc4c5ccccc5n(-c5cccc(-c6c7ccccc7nc7c6oc6ccccc67)c5)c4c32)cc1. The van der Waals surface area contributed by atoms with Gasteiger partial charge in [0.1, 0.15) is 11.1 Å². The molecule has 11 aromatic rings. The van der Waals surface area contributed by atoms with Gasteiger partial charge in [-0.05, 0) is 60.2 Å². The molecule has 4 heterocycles. The van der Waals surface area contributed by atoms with E-state index in [4.69, 9.17) is 9.40 Å². The van der Waals surface area contributed by atoms with E-state index in [-0.39, 0.29) is 0 Å². The number of fused-ring (bicyclic) bond motifs is 11. The second-order valence-electron chi connectivity index (χ2n) is 12.7. The van der Waals surface area contributed by atoms with Gasteiger partial charge in [0.25, 0.3) is 0 Å². The van der Waals surface area contributed by atoms with Crippen LogP contribution < -0.4 is 0 Å². The number of para-hydroxylation sites is 5. The largest absolute Gasteiger partial charge is 0.454 e. The van der Waals surface area contributed by atoms with Crippen LogP contribution in [0.5, 0.6) is 0 Å². The summed E-state index contributed by atoms with van der Waals surface area (Å²) < 4.78 is 11.5. The van der Waals surface area contributed by atoms with Crippen molar-refractivity contribution in [1.82, 2.24) is 14.1 Å². The molecule has 4 aromatic heterocycles. The number of benzene rings is 7. The summed E-state index contributed by atoms with van der Waals surface area (Å²) in [5.41, 5.74) is 12.6. The fraction of sp³-hybridized carbons (Fsp3) is 0. The summed E-state index contributed by atoms with van der Waals surface area (Å²) in [6, 6.07) is 58.3. The summed E-state index contributed by atoms with van der Waals surface area (Å²) >= 11 is 0. The summed E-state index contributed by atoms with van der Waals surface area (Å²) in [5, 5.41) is 7.02. The van der Waals surface area contributed by atoms with Crippen LogP contribution in [-0.2, 0) is 0 Å². The molecule has 0 aliphatic rings. The third kappa shape index (κ3) is 3.66. The summed E-state index contributed by atoms with van der Waals surface area (Å²) in [6.07, 6.45) is 0. The van der Waals surface area contributed by atoms with E-state index in [9.17, 15) is 0 Å². The zero-order valence-electron chi connectivity index (χ0n) is 26.3. The number of furan rings is 1. The molecule has 0 aliphatic carbocycles. The van der Waals surface area contributed by atoms with Gasteiger partial charge in [0.15, 0.2) is 5.58 Å². The standard InChI is InChI=1S/C45H27N3O/c1-2-14-29(15-3-1)47-38-22-9-5-17-31(38)33-25-26-34-32-18-6-10-23-39(32)48(44(34)43(33)47)30-16-12-13-28(27-30)41-35-19-4-8-21-37(35)46-42-36-20-7-11-24-40(36)49-45(41)42/h1-27H. The highest BCUT2D eigenvalue weighted by atomic mass is 16.3. The molecule has 49 heavy (non-hydrogen) atoms. The molecule has 0 N–H and O–H groups in total. The van der Waals surface area contributed by atoms with Gasteiger partial charge in [-0.15, -0.1) is 0 Å². The van der Waals surface area contributed by atoms with Crippen molar-refractivity contribution in [3.8, 4) is 22.5 Å². The van der Waals surface area contributed by atoms with Gasteiger partial charge in [0.2, 0.25) is 0 Å². The molecule has 0 spiro atoms. The van der Waals surface area contributed by atoms with Crippen molar-refractivity contribution in [2.45, 2.75) is 0 Å². The van der Waals surface area contributed by atoms with Crippen molar-refractivity contribution >= 4 is 76.6 Å². The van der Waals surface area contributed by atoms with Crippen molar-refractivity contribution in [1.29, 1.82) is 0 Å². The first-order chi connectivity index (χ1) is 24.3. The van der Waals surface area contributed by atoms with Crippen molar-refractivity contribution < 1.29 is 4.42 Å². The lowest BCUT2D eigenvalue weighted by Crippen LogP contribution is -1.99. The summed E-state index contributed by atoms with van der Waals surface area (Å²) in [7, 11) is 0. The molecule has 0 saturated heterocycles. The number of nitrogens with zero attached hydrogens (tertiary/aromatic N) is 3. The Labute approximate surface area is 280 Å². The highest BCUT2D eigenvalue weighted by Crippen LogP contribution is 2.43. The first-order valence-corrected chi connectivity index (χ1v) is 16.6. The van der Waals surface area contributed by atoms with E-state index < -0.39 is 0 Å². The maximum Gasteiger partial charge on any atom is 0.162 e. The Morgan fingerprint density at radius 2 is 1.00 bits per heavy atom. The predicted molar refractivity (Wildman–Crippen MR) is 203 cm³/mol. The number of pyridine rings is 1. The maximum absolute atomic E-state index is 6.60. The molecule has 0 saturated carbocycles. The minimum Gasteiger partial charge on any atom is -0.454 e. The van der Waals surface area contributed by atoms with Crippen LogP contribution in [0.25, 0.3) is 99.1 Å². The van der Waals surface area contributed by atoms with Crippen LogP contribution in [0.3, 0.4) is 0 Å². The predicted octanol–water partition coefficient (Wildman–Crippen LogP) is 12.0. The lowest BCUT2D eigenvalue weighted by molar-refractivity contribution is 0.670. The normalized spacial score (nSPS) is 12.1. The quantitative estimate of drug-likeness (QED) is 0.196. The molecule has 7 aromatic carbocycles. The van der Waals surface area contributed by atoms with Crippen LogP contribution in [-0.4, -0.2) is 14.1 Å². The average molecular weight is 626 g/mol. The third-order valence-corrected chi connectivity index (χ3v) is 10.1. The first-order valence-electron chi connectivity index (χ1n) is 16.6. The van der Waals surface area contributed by atoms with Crippen LogP contribution in [0.4, 0.5) is 0 Å². The van der Waals surface area contributed by atoms with Crippen molar-refractivity contribution in [2.24, 2.45) is 0 Å². The Morgan fingerprint density at radius 1 is 0.429 bits per heavy atom. The van der Waals surface area contributed by atoms with Crippen LogP contribution >= 0.6 is 0 Å². The zero-order valence-corrected chi connectivity index (χ0v) is 26.3. The van der Waals surface area contributed by atoms with Crippen molar-refractivity contribution in [3.63, 3.8) is 0 Å². The molecule has 0 radical (unpaired) electrons. The summed E-state index contributed by atoms with van der Waals surface area (Å²) in [6.45, 7) is 0. The monoisotopic (exact) mass is 625 g/mol. The van der Waals surface area contributed by atoms with Crippen LogP contribution in [0.15, 0.2) is 168 Å². The Hall–Kier alpha value is -6.65. The van der Waals surface area contributed by atoms with Gasteiger partial charge in [-0.3, -0.25) is 0 Å². The lowest BCUT2D eigenvalue weighted by atomic mass is 9.99. The molecule has 0 amide bonds. The molecule has 0 fully saturated rings. The minimum absolute atomic E-state index is 0.811. The van der Waals surface area contributed by atoms with Crippen LogP contribution in [0, 0.1) is 0 Å². The Kier molecular flexibility index (Phi) is 5.35. The number of aromatic nitrogens is 3. The minimum atomic E-state index is 0.811. The molecule has 0 atom stereocenters. The lowest BCUT2D eigenvalue weighted by Gasteiger charge is -2.14. The number of rotatable bonds is 3. The van der Waals surface area contributed by atoms with Gasteiger partial charge in [-0.25, -0.2) is 4.98 Å². The second-order valence-corrected chi connectivity index (χ2v) is 12.7. The van der Waals surface area contributed by atoms with E-state index in [0.29, 0.717) is 0 Å². The molecular formula is C45H27N3O. The molecule has 4 heteroatoms. The smallest absolute Gasteiger partial charge is 0.162 e. The van der Waals surface area contributed by atoms with Gasteiger partial charge in [-0.1, -0.05) is 109 Å². The average Bonchev–Trinajstić information content (AvgIpc) is 3.82. The molecule has 0 unspecified atom stereocenters. The zero-order chi connectivity index (χ0) is 32.1. The van der Waals surface area contributed by atoms with Gasteiger partial charge in [0.05, 0.1) is 27.6 Å². The van der Waals surface area contributed by atoms with Crippen molar-refractivity contribution in [2.75, 3.05) is 0 Å². The number of hydrogen-bond acceptors (Lipinski definition) is 2. The topological polar surface area (TPSA) is 35.9 Å². The third-order valence-electron chi connectivity index (χ3n) is 10.1. The second kappa shape index (κ2) is 9.93. The Balaban J connectivity index is 1.28. The van der Waals surface area contributed by atoms with Gasteiger partial charge in [-0.2, -0.15) is 0 Å². The van der Waals surface area contributed by atoms with E-state index in [1.807, 2.05) is 18.2 Å². The maximum atomic E-state index is 6.60. The van der Waals surface area contributed by atoms with E-state index in [1.165, 1.54) is 43.6 Å². The fourth-order valence-electron chi connectivity index (χ4n) is 8.04. The van der Waals surface area contributed by atoms with Crippen LogP contribution in [0.1, 0.15) is 0 Å². The fourth-order valence-corrected chi connectivity index (χ4v) is 8.04. The highest BCUT2D eigenvalue weighted by Gasteiger charge is 2.22. The van der Waals surface area contributed by atoms with E-state index in [0.717, 1.165) is 55.5 Å². The first kappa shape index (κ1) is 26.4. The van der Waals surface area contributed by atoms with E-state index >= 15 is 0 Å². The number of hydrogen-bond donors (Lipinski definition) is 0. The molecule has 0 aliphatic heterocycles. The Morgan fingerprint density at radius 3 is 1.73 bits per heavy atom. The van der Waals surface area contributed by atoms with Gasteiger partial charge >= 0.3 is 0 Å². The molecule has 11 rings (SSSR count). The van der Waals surface area contributed by atoms with Gasteiger partial charge in [0, 0.05) is 49.3 Å². The summed E-state index contributed by atoms with van der Waals surface area (Å²) in [5.74, 6) is 0. The molecule has 0 bridgehead atoms. The van der Waals surface area contributed by atoms with Crippen molar-refractivity contribution in [3.05, 3.63) is 164 Å². The molecule has 4 nitrogen and oxygen atoms in total. The highest BCUT2D eigenvalue weighted by molar-refractivity contribution is 6.24. The summed E-state index contributed by atoms with van der Waals surface area (Å²) in [4.78, 5) is 5.10. The van der Waals surface area contributed by atoms with Crippen LogP contribution in [0.2, 0.25) is 0 Å². The Bertz CT molecular complexity index is 3110. The molecular weight excluding hydrogens is 599 g/mol. The van der Waals surface area contributed by atoms with E-state index in [2.05, 4.69) is 155 Å². The molecule has 228 valence electrons. The van der Waals surface area contributed by atoms with E-state index in [1.54, 1.807) is 0 Å².